The summed E-state index contributed by atoms with van der Waals surface area (Å²) in [4.78, 5) is 30.0. The molecule has 26 heavy (non-hydrogen) atoms. The lowest BCUT2D eigenvalue weighted by Gasteiger charge is -2.23. The smallest absolute Gasteiger partial charge is 0.239 e. The highest BCUT2D eigenvalue weighted by molar-refractivity contribution is 9.10. The molecule has 6 nitrogen and oxygen atoms in total. The minimum atomic E-state index is -0.551. The summed E-state index contributed by atoms with van der Waals surface area (Å²) < 4.78 is 14.4. The van der Waals surface area contributed by atoms with Crippen molar-refractivity contribution in [1.29, 1.82) is 0 Å². The Morgan fingerprint density at radius 1 is 1.27 bits per heavy atom. The van der Waals surface area contributed by atoms with Crippen molar-refractivity contribution in [3.05, 3.63) is 58.4 Å². The lowest BCUT2D eigenvalue weighted by atomic mass is 10.2. The Balaban J connectivity index is 1.82. The quantitative estimate of drug-likeness (QED) is 0.718. The Morgan fingerprint density at radius 2 is 2.00 bits per heavy atom. The van der Waals surface area contributed by atoms with Crippen molar-refractivity contribution < 1.29 is 14.0 Å². The van der Waals surface area contributed by atoms with Crippen molar-refractivity contribution in [1.82, 2.24) is 15.2 Å². The highest BCUT2D eigenvalue weighted by Crippen LogP contribution is 2.10. The molecule has 0 radical (unpaired) electrons. The van der Waals surface area contributed by atoms with Crippen molar-refractivity contribution in [2.75, 3.05) is 18.9 Å². The minimum Gasteiger partial charge on any atom is -0.351 e. The molecule has 0 saturated carbocycles. The van der Waals surface area contributed by atoms with Crippen LogP contribution in [0.3, 0.4) is 0 Å². The van der Waals surface area contributed by atoms with E-state index in [0.717, 1.165) is 4.47 Å². The maximum Gasteiger partial charge on any atom is 0.239 e. The summed E-state index contributed by atoms with van der Waals surface area (Å²) in [5, 5.41) is 5.35. The topological polar surface area (TPSA) is 74.3 Å². The van der Waals surface area contributed by atoms with Gasteiger partial charge in [0.2, 0.25) is 11.8 Å². The number of halogens is 2. The zero-order valence-electron chi connectivity index (χ0n) is 14.5. The van der Waals surface area contributed by atoms with Gasteiger partial charge in [0.05, 0.1) is 12.6 Å². The van der Waals surface area contributed by atoms with Crippen LogP contribution in [0.1, 0.15) is 12.5 Å². The third-order valence-electron chi connectivity index (χ3n) is 3.84. The molecule has 2 amide bonds. The lowest BCUT2D eigenvalue weighted by molar-refractivity contribution is -0.126. The van der Waals surface area contributed by atoms with E-state index >= 15 is 0 Å². The van der Waals surface area contributed by atoms with Gasteiger partial charge in [-0.3, -0.25) is 14.5 Å². The standard InChI is InChI=1S/C18H20BrFN4O2/c1-12(18(26)22-9-13-5-3-4-6-15(13)20)24(2)11-17(25)23-16-8-7-14(19)10-21-16/h3-8,10,12H,9,11H2,1-2H3,(H,22,26)(H,21,23,25). The first-order chi connectivity index (χ1) is 12.4. The van der Waals surface area contributed by atoms with Crippen LogP contribution in [-0.2, 0) is 16.1 Å². The van der Waals surface area contributed by atoms with Gasteiger partial charge in [0.15, 0.2) is 0 Å². The Labute approximate surface area is 159 Å². The minimum absolute atomic E-state index is 0.0199. The van der Waals surface area contributed by atoms with E-state index in [2.05, 4.69) is 31.5 Å². The number of likely N-dealkylation sites (N-methyl/N-ethyl adjacent to an activating group) is 1. The van der Waals surface area contributed by atoms with E-state index in [1.165, 1.54) is 6.07 Å². The van der Waals surface area contributed by atoms with Gasteiger partial charge in [0, 0.05) is 22.8 Å². The van der Waals surface area contributed by atoms with Crippen LogP contribution in [0.2, 0.25) is 0 Å². The first-order valence-electron chi connectivity index (χ1n) is 7.99. The van der Waals surface area contributed by atoms with Gasteiger partial charge < -0.3 is 10.6 Å². The first-order valence-corrected chi connectivity index (χ1v) is 8.79. The van der Waals surface area contributed by atoms with Crippen LogP contribution in [0.5, 0.6) is 0 Å². The number of carbonyl (C=O) groups excluding carboxylic acids is 2. The van der Waals surface area contributed by atoms with Gasteiger partial charge in [-0.1, -0.05) is 18.2 Å². The van der Waals surface area contributed by atoms with Gasteiger partial charge in [-0.15, -0.1) is 0 Å². The van der Waals surface area contributed by atoms with E-state index in [0.29, 0.717) is 11.4 Å². The first kappa shape index (κ1) is 20.0. The second-order valence-corrected chi connectivity index (χ2v) is 6.73. The van der Waals surface area contributed by atoms with Crippen LogP contribution in [0, 0.1) is 5.82 Å². The van der Waals surface area contributed by atoms with E-state index in [-0.39, 0.29) is 30.7 Å². The van der Waals surface area contributed by atoms with Crippen LogP contribution < -0.4 is 10.6 Å². The highest BCUT2D eigenvalue weighted by atomic mass is 79.9. The Hall–Kier alpha value is -2.32. The Bertz CT molecular complexity index is 770. The van der Waals surface area contributed by atoms with Crippen molar-refractivity contribution in [3.63, 3.8) is 0 Å². The normalized spacial score (nSPS) is 11.9. The van der Waals surface area contributed by atoms with Crippen molar-refractivity contribution in [2.24, 2.45) is 0 Å². The van der Waals surface area contributed by atoms with Crippen LogP contribution in [0.15, 0.2) is 47.1 Å². The largest absolute Gasteiger partial charge is 0.351 e. The van der Waals surface area contributed by atoms with Crippen LogP contribution >= 0.6 is 15.9 Å². The van der Waals surface area contributed by atoms with Gasteiger partial charge in [0.25, 0.3) is 0 Å². The number of nitrogens with one attached hydrogen (secondary N) is 2. The number of pyridine rings is 1. The number of nitrogens with zero attached hydrogens (tertiary/aromatic N) is 2. The fraction of sp³-hybridized carbons (Fsp3) is 0.278. The lowest BCUT2D eigenvalue weighted by Crippen LogP contribution is -2.45. The molecular weight excluding hydrogens is 403 g/mol. The molecule has 1 atom stereocenters. The van der Waals surface area contributed by atoms with E-state index < -0.39 is 6.04 Å². The summed E-state index contributed by atoms with van der Waals surface area (Å²) in [6.45, 7) is 1.80. The van der Waals surface area contributed by atoms with Crippen molar-refractivity contribution in [2.45, 2.75) is 19.5 Å². The Kier molecular flexibility index (Phi) is 7.23. The van der Waals surface area contributed by atoms with Crippen LogP contribution in [0.25, 0.3) is 0 Å². The predicted molar refractivity (Wildman–Crippen MR) is 101 cm³/mol. The maximum atomic E-state index is 13.6. The van der Waals surface area contributed by atoms with Gasteiger partial charge in [0.1, 0.15) is 11.6 Å². The molecule has 0 aliphatic heterocycles. The molecule has 0 fully saturated rings. The number of benzene rings is 1. The van der Waals surface area contributed by atoms with E-state index in [4.69, 9.17) is 0 Å². The molecule has 2 N–H and O–H groups in total. The summed E-state index contributed by atoms with van der Waals surface area (Å²) in [6, 6.07) is 9.15. The average Bonchev–Trinajstić information content (AvgIpc) is 2.62. The number of anilines is 1. The molecule has 1 heterocycles. The molecule has 0 bridgehead atoms. The number of hydrogen-bond donors (Lipinski definition) is 2. The zero-order valence-corrected chi connectivity index (χ0v) is 16.1. The molecule has 1 aromatic carbocycles. The molecule has 0 spiro atoms. The van der Waals surface area contributed by atoms with Crippen molar-refractivity contribution >= 4 is 33.6 Å². The number of hydrogen-bond acceptors (Lipinski definition) is 4. The summed E-state index contributed by atoms with van der Waals surface area (Å²) in [5.74, 6) is -0.500. The van der Waals surface area contributed by atoms with E-state index in [1.807, 2.05) is 0 Å². The van der Waals surface area contributed by atoms with Gasteiger partial charge in [-0.25, -0.2) is 9.37 Å². The molecular formula is C18H20BrFN4O2. The second-order valence-electron chi connectivity index (χ2n) is 5.81. The highest BCUT2D eigenvalue weighted by Gasteiger charge is 2.20. The fourth-order valence-electron chi connectivity index (χ4n) is 2.17. The summed E-state index contributed by atoms with van der Waals surface area (Å²) in [5.41, 5.74) is 0.412. The molecule has 0 aliphatic rings. The Morgan fingerprint density at radius 3 is 2.65 bits per heavy atom. The summed E-state index contributed by atoms with van der Waals surface area (Å²) in [7, 11) is 1.67. The summed E-state index contributed by atoms with van der Waals surface area (Å²) >= 11 is 3.27. The molecule has 0 aliphatic carbocycles. The number of carbonyl (C=O) groups is 2. The van der Waals surface area contributed by atoms with Crippen LogP contribution in [-0.4, -0.2) is 41.3 Å². The summed E-state index contributed by atoms with van der Waals surface area (Å²) in [6.07, 6.45) is 1.58. The maximum absolute atomic E-state index is 13.6. The molecule has 2 rings (SSSR count). The number of aromatic nitrogens is 1. The predicted octanol–water partition coefficient (Wildman–Crippen LogP) is 2.56. The monoisotopic (exact) mass is 422 g/mol. The third kappa shape index (κ3) is 5.89. The van der Waals surface area contributed by atoms with E-state index in [1.54, 1.807) is 55.4 Å². The molecule has 8 heteroatoms. The molecule has 2 aromatic rings. The molecule has 138 valence electrons. The van der Waals surface area contributed by atoms with Crippen LogP contribution in [0.4, 0.5) is 10.2 Å². The second kappa shape index (κ2) is 9.40. The van der Waals surface area contributed by atoms with Crippen molar-refractivity contribution in [3.8, 4) is 0 Å². The van der Waals surface area contributed by atoms with Gasteiger partial charge >= 0.3 is 0 Å². The van der Waals surface area contributed by atoms with E-state index in [9.17, 15) is 14.0 Å². The zero-order chi connectivity index (χ0) is 19.1. The molecule has 0 saturated heterocycles. The number of rotatable bonds is 7. The number of amides is 2. The van der Waals surface area contributed by atoms with Gasteiger partial charge in [-0.05, 0) is 48.1 Å². The third-order valence-corrected chi connectivity index (χ3v) is 4.31. The average molecular weight is 423 g/mol. The fourth-order valence-corrected chi connectivity index (χ4v) is 2.40. The molecule has 1 aromatic heterocycles. The van der Waals surface area contributed by atoms with Gasteiger partial charge in [-0.2, -0.15) is 0 Å². The SMILES string of the molecule is CC(C(=O)NCc1ccccc1F)N(C)CC(=O)Nc1ccc(Br)cn1. The molecule has 1 unspecified atom stereocenters.